The molecule has 2 aliphatic rings. The van der Waals surface area contributed by atoms with Gasteiger partial charge in [0.1, 0.15) is 5.75 Å². The average Bonchev–Trinajstić information content (AvgIpc) is 3.29. The zero-order valence-corrected chi connectivity index (χ0v) is 16.8. The van der Waals surface area contributed by atoms with E-state index in [1.54, 1.807) is 4.90 Å². The van der Waals surface area contributed by atoms with Crippen molar-refractivity contribution in [2.75, 3.05) is 54.4 Å². The molecular weight excluding hydrogens is 413 g/mol. The first-order valence-corrected chi connectivity index (χ1v) is 10.1. The van der Waals surface area contributed by atoms with Crippen LogP contribution >= 0.6 is 0 Å². The van der Waals surface area contributed by atoms with E-state index in [9.17, 15) is 18.0 Å². The molecule has 1 aromatic carbocycles. The van der Waals surface area contributed by atoms with E-state index in [0.717, 1.165) is 36.9 Å². The number of benzene rings is 1. The van der Waals surface area contributed by atoms with E-state index in [1.165, 1.54) is 25.0 Å². The van der Waals surface area contributed by atoms with Crippen LogP contribution in [0.3, 0.4) is 0 Å². The topological polar surface area (TPSA) is 73.8 Å². The van der Waals surface area contributed by atoms with Crippen LogP contribution < -0.4 is 19.9 Å². The Morgan fingerprint density at radius 3 is 1.90 bits per heavy atom. The summed E-state index contributed by atoms with van der Waals surface area (Å²) in [7, 11) is 0. The summed E-state index contributed by atoms with van der Waals surface area (Å²) in [5.74, 6) is 1.34. The predicted molar refractivity (Wildman–Crippen MR) is 109 cm³/mol. The normalized spacial score (nSPS) is 17.1. The number of carbonyl (C=O) groups is 1. The molecule has 166 valence electrons. The van der Waals surface area contributed by atoms with Gasteiger partial charge in [-0.15, -0.1) is 23.4 Å². The van der Waals surface area contributed by atoms with E-state index in [0.29, 0.717) is 31.9 Å². The number of halogens is 3. The Labute approximate surface area is 177 Å². The Balaban J connectivity index is 1.27. The largest absolute Gasteiger partial charge is 0.573 e. The molecule has 4 rings (SSSR count). The van der Waals surface area contributed by atoms with Crippen molar-refractivity contribution in [3.05, 3.63) is 36.4 Å². The van der Waals surface area contributed by atoms with Gasteiger partial charge < -0.3 is 24.8 Å². The molecule has 0 aliphatic carbocycles. The van der Waals surface area contributed by atoms with Crippen LogP contribution in [0.5, 0.6) is 5.75 Å². The molecule has 2 fully saturated rings. The quantitative estimate of drug-likeness (QED) is 0.793. The number of amides is 2. The molecule has 31 heavy (non-hydrogen) atoms. The Hall–Kier alpha value is -3.24. The van der Waals surface area contributed by atoms with Crippen LogP contribution in [0.2, 0.25) is 0 Å². The van der Waals surface area contributed by atoms with Crippen molar-refractivity contribution in [3.63, 3.8) is 0 Å². The molecule has 2 aromatic rings. The number of carbonyl (C=O) groups excluding carboxylic acids is 1. The zero-order valence-electron chi connectivity index (χ0n) is 16.8. The second kappa shape index (κ2) is 8.86. The summed E-state index contributed by atoms with van der Waals surface area (Å²) in [6.45, 7) is 4.25. The lowest BCUT2D eigenvalue weighted by Crippen LogP contribution is -2.50. The Bertz CT molecular complexity index is 877. The van der Waals surface area contributed by atoms with Gasteiger partial charge in [0, 0.05) is 45.0 Å². The zero-order chi connectivity index (χ0) is 21.8. The second-order valence-corrected chi connectivity index (χ2v) is 7.42. The van der Waals surface area contributed by atoms with Crippen LogP contribution in [0.4, 0.5) is 35.3 Å². The van der Waals surface area contributed by atoms with E-state index >= 15 is 0 Å². The minimum atomic E-state index is -4.75. The molecule has 2 saturated heterocycles. The molecule has 2 aliphatic heterocycles. The molecule has 11 heteroatoms. The third-order valence-electron chi connectivity index (χ3n) is 5.30. The molecule has 1 N–H and O–H groups in total. The molecule has 0 atom stereocenters. The fourth-order valence-corrected chi connectivity index (χ4v) is 3.68. The fourth-order valence-electron chi connectivity index (χ4n) is 3.68. The minimum absolute atomic E-state index is 0.306. The number of alkyl halides is 3. The van der Waals surface area contributed by atoms with E-state index in [4.69, 9.17) is 0 Å². The van der Waals surface area contributed by atoms with Gasteiger partial charge in [0.25, 0.3) is 0 Å². The van der Waals surface area contributed by atoms with Gasteiger partial charge in [-0.3, -0.25) is 0 Å². The molecule has 1 aromatic heterocycles. The highest BCUT2D eigenvalue weighted by Crippen LogP contribution is 2.24. The lowest BCUT2D eigenvalue weighted by molar-refractivity contribution is -0.274. The number of rotatable bonds is 4. The number of piperazine rings is 1. The molecule has 2 amide bonds. The number of aromatic nitrogens is 2. The number of hydrogen-bond donors (Lipinski definition) is 1. The molecule has 0 bridgehead atoms. The summed E-state index contributed by atoms with van der Waals surface area (Å²) >= 11 is 0. The van der Waals surface area contributed by atoms with E-state index in [2.05, 4.69) is 30.1 Å². The highest BCUT2D eigenvalue weighted by atomic mass is 19.4. The first-order chi connectivity index (χ1) is 14.9. The van der Waals surface area contributed by atoms with Gasteiger partial charge in [0.15, 0.2) is 11.6 Å². The Morgan fingerprint density at radius 2 is 1.39 bits per heavy atom. The molecule has 0 saturated carbocycles. The number of ether oxygens (including phenoxy) is 1. The van der Waals surface area contributed by atoms with Crippen LogP contribution in [0.15, 0.2) is 36.4 Å². The summed E-state index contributed by atoms with van der Waals surface area (Å²) in [5.41, 5.74) is 0.394. The minimum Gasteiger partial charge on any atom is -0.406 e. The molecular formula is C20H23F3N6O2. The molecule has 0 radical (unpaired) electrons. The van der Waals surface area contributed by atoms with E-state index < -0.39 is 6.36 Å². The van der Waals surface area contributed by atoms with Crippen molar-refractivity contribution in [1.29, 1.82) is 0 Å². The summed E-state index contributed by atoms with van der Waals surface area (Å²) in [6.07, 6.45) is -2.39. The third kappa shape index (κ3) is 5.47. The van der Waals surface area contributed by atoms with Crippen LogP contribution in [0, 0.1) is 0 Å². The monoisotopic (exact) mass is 436 g/mol. The summed E-state index contributed by atoms with van der Waals surface area (Å²) in [4.78, 5) is 18.4. The number of nitrogens with one attached hydrogen (secondary N) is 1. The molecule has 0 unspecified atom stereocenters. The van der Waals surface area contributed by atoms with Crippen LogP contribution in [-0.4, -0.2) is 66.8 Å². The first kappa shape index (κ1) is 21.0. The predicted octanol–water partition coefficient (Wildman–Crippen LogP) is 3.33. The standard InChI is InChI=1S/C20H23F3N6O2/c21-20(22,23)31-16-5-3-15(4-6-16)24-19(30)29-13-11-28(12-14-29)18-8-7-17(25-26-18)27-9-1-2-10-27/h3-8H,1-2,9-14H2,(H,24,30). The second-order valence-electron chi connectivity index (χ2n) is 7.42. The van der Waals surface area contributed by atoms with Crippen molar-refractivity contribution in [2.24, 2.45) is 0 Å². The van der Waals surface area contributed by atoms with Gasteiger partial charge in [0.2, 0.25) is 0 Å². The third-order valence-corrected chi connectivity index (χ3v) is 5.30. The van der Waals surface area contributed by atoms with Gasteiger partial charge in [-0.1, -0.05) is 0 Å². The summed E-state index contributed by atoms with van der Waals surface area (Å²) in [6, 6.07) is 8.69. The smallest absolute Gasteiger partial charge is 0.406 e. The highest BCUT2D eigenvalue weighted by molar-refractivity contribution is 5.89. The van der Waals surface area contributed by atoms with Crippen LogP contribution in [-0.2, 0) is 0 Å². The Kier molecular flexibility index (Phi) is 6.01. The maximum atomic E-state index is 12.5. The van der Waals surface area contributed by atoms with Gasteiger partial charge in [-0.05, 0) is 49.2 Å². The molecule has 0 spiro atoms. The number of nitrogens with zero attached hydrogens (tertiary/aromatic N) is 5. The SMILES string of the molecule is O=C(Nc1ccc(OC(F)(F)F)cc1)N1CCN(c2ccc(N3CCCC3)nn2)CC1. The Morgan fingerprint density at radius 1 is 0.839 bits per heavy atom. The molecule has 3 heterocycles. The lowest BCUT2D eigenvalue weighted by Gasteiger charge is -2.35. The van der Waals surface area contributed by atoms with Crippen molar-refractivity contribution >= 4 is 23.4 Å². The fraction of sp³-hybridized carbons (Fsp3) is 0.450. The van der Waals surface area contributed by atoms with Gasteiger partial charge in [-0.2, -0.15) is 0 Å². The lowest BCUT2D eigenvalue weighted by atomic mass is 10.3. The number of hydrogen-bond acceptors (Lipinski definition) is 6. The van der Waals surface area contributed by atoms with Gasteiger partial charge in [-0.25, -0.2) is 4.79 Å². The van der Waals surface area contributed by atoms with Crippen LogP contribution in [0.1, 0.15) is 12.8 Å². The van der Waals surface area contributed by atoms with Crippen molar-refractivity contribution < 1.29 is 22.7 Å². The molecule has 8 nitrogen and oxygen atoms in total. The summed E-state index contributed by atoms with van der Waals surface area (Å²) in [5, 5.41) is 11.4. The maximum absolute atomic E-state index is 12.5. The number of urea groups is 1. The van der Waals surface area contributed by atoms with Crippen molar-refractivity contribution in [3.8, 4) is 5.75 Å². The first-order valence-electron chi connectivity index (χ1n) is 10.1. The van der Waals surface area contributed by atoms with E-state index in [-0.39, 0.29) is 11.8 Å². The van der Waals surface area contributed by atoms with Gasteiger partial charge in [0.05, 0.1) is 0 Å². The number of anilines is 3. The van der Waals surface area contributed by atoms with Crippen LogP contribution in [0.25, 0.3) is 0 Å². The van der Waals surface area contributed by atoms with Crippen molar-refractivity contribution in [2.45, 2.75) is 19.2 Å². The van der Waals surface area contributed by atoms with Crippen molar-refractivity contribution in [1.82, 2.24) is 15.1 Å². The van der Waals surface area contributed by atoms with Gasteiger partial charge >= 0.3 is 12.4 Å². The maximum Gasteiger partial charge on any atom is 0.573 e. The highest BCUT2D eigenvalue weighted by Gasteiger charge is 2.31. The average molecular weight is 436 g/mol. The summed E-state index contributed by atoms with van der Waals surface area (Å²) < 4.78 is 40.5. The van der Waals surface area contributed by atoms with E-state index in [1.807, 2.05) is 12.1 Å².